The minimum atomic E-state index is -0.585. The number of benzene rings is 3. The molecule has 1 fully saturated rings. The number of carbonyl (C=O) groups excluding carboxylic acids is 1. The van der Waals surface area contributed by atoms with Crippen LogP contribution in [-0.4, -0.2) is 24.8 Å². The molecule has 0 N–H and O–H groups in total. The van der Waals surface area contributed by atoms with E-state index in [4.69, 9.17) is 14.2 Å². The third kappa shape index (κ3) is 6.86. The van der Waals surface area contributed by atoms with E-state index in [0.717, 1.165) is 17.7 Å². The van der Waals surface area contributed by atoms with Crippen LogP contribution in [0.3, 0.4) is 0 Å². The maximum Gasteiger partial charge on any atom is 0.347 e. The van der Waals surface area contributed by atoms with E-state index in [1.807, 2.05) is 42.5 Å². The fourth-order valence-electron chi connectivity index (χ4n) is 4.21. The van der Waals surface area contributed by atoms with Gasteiger partial charge >= 0.3 is 5.97 Å². The molecule has 0 aliphatic carbocycles. The van der Waals surface area contributed by atoms with Crippen LogP contribution in [0.5, 0.6) is 11.5 Å². The Morgan fingerprint density at radius 2 is 1.47 bits per heavy atom. The maximum atomic E-state index is 12.1. The van der Waals surface area contributed by atoms with Gasteiger partial charge in [0.25, 0.3) is 0 Å². The van der Waals surface area contributed by atoms with Crippen molar-refractivity contribution < 1.29 is 19.0 Å². The molecule has 3 aromatic rings. The highest BCUT2D eigenvalue weighted by Crippen LogP contribution is 2.25. The van der Waals surface area contributed by atoms with Crippen molar-refractivity contribution in [1.29, 1.82) is 0 Å². The first-order valence-electron chi connectivity index (χ1n) is 12.5. The molecule has 0 unspecified atom stereocenters. The summed E-state index contributed by atoms with van der Waals surface area (Å²) in [6, 6.07) is 26.3. The maximum absolute atomic E-state index is 12.1. The summed E-state index contributed by atoms with van der Waals surface area (Å²) < 4.78 is 17.1. The minimum Gasteiger partial charge on any atom is -0.490 e. The number of carbonyl (C=O) groups is 1. The lowest BCUT2D eigenvalue weighted by Gasteiger charge is -2.12. The van der Waals surface area contributed by atoms with Crippen molar-refractivity contribution in [3.05, 3.63) is 84.4 Å². The number of unbranched alkanes of at least 4 members (excludes halogenated alkanes) is 4. The molecule has 3 aromatic carbocycles. The number of esters is 1. The Balaban J connectivity index is 1.23. The lowest BCUT2D eigenvalue weighted by Crippen LogP contribution is -2.21. The van der Waals surface area contributed by atoms with Gasteiger partial charge in [-0.25, -0.2) is 4.79 Å². The Labute approximate surface area is 202 Å². The second-order valence-electron chi connectivity index (χ2n) is 8.91. The van der Waals surface area contributed by atoms with E-state index < -0.39 is 6.10 Å². The molecule has 0 radical (unpaired) electrons. The number of aryl methyl sites for hydroxylation is 1. The van der Waals surface area contributed by atoms with Crippen molar-refractivity contribution >= 4 is 5.97 Å². The minimum absolute atomic E-state index is 0.310. The topological polar surface area (TPSA) is 44.8 Å². The average molecular weight is 459 g/mol. The second kappa shape index (κ2) is 12.3. The van der Waals surface area contributed by atoms with Gasteiger partial charge in [0.2, 0.25) is 0 Å². The van der Waals surface area contributed by atoms with Crippen LogP contribution in [0.25, 0.3) is 11.1 Å². The second-order valence-corrected chi connectivity index (χ2v) is 8.91. The summed E-state index contributed by atoms with van der Waals surface area (Å²) in [4.78, 5) is 12.1. The first-order chi connectivity index (χ1) is 16.7. The highest BCUT2D eigenvalue weighted by Gasteiger charge is 2.36. The number of cyclic esters (lactones) is 1. The van der Waals surface area contributed by atoms with E-state index >= 15 is 0 Å². The van der Waals surface area contributed by atoms with Crippen molar-refractivity contribution in [2.45, 2.75) is 64.1 Å². The van der Waals surface area contributed by atoms with Crippen molar-refractivity contribution in [3.8, 4) is 22.6 Å². The summed E-state index contributed by atoms with van der Waals surface area (Å²) in [5, 5.41) is 0. The van der Waals surface area contributed by atoms with Gasteiger partial charge in [-0.2, -0.15) is 0 Å². The van der Waals surface area contributed by atoms with Gasteiger partial charge in [-0.3, -0.25) is 0 Å². The van der Waals surface area contributed by atoms with E-state index in [2.05, 4.69) is 43.3 Å². The zero-order valence-corrected chi connectivity index (χ0v) is 20.0. The normalized spacial score (nSPS) is 17.4. The highest BCUT2D eigenvalue weighted by atomic mass is 16.6. The quantitative estimate of drug-likeness (QED) is 0.216. The van der Waals surface area contributed by atoms with E-state index in [-0.39, 0.29) is 12.1 Å². The summed E-state index contributed by atoms with van der Waals surface area (Å²) in [7, 11) is 0. The van der Waals surface area contributed by atoms with Crippen LogP contribution in [0.15, 0.2) is 78.9 Å². The van der Waals surface area contributed by atoms with Gasteiger partial charge in [0.1, 0.15) is 24.2 Å². The first kappa shape index (κ1) is 23.9. The number of hydrogen-bond acceptors (Lipinski definition) is 4. The monoisotopic (exact) mass is 458 g/mol. The molecule has 0 spiro atoms. The van der Waals surface area contributed by atoms with Crippen LogP contribution in [0, 0.1) is 0 Å². The standard InChI is InChI=1S/C30H34O4/c1-2-3-4-5-7-10-23-13-15-24(16-14-23)25-17-19-26(20-18-25)32-22-28-21-29(30(31)34-28)33-27-11-8-6-9-12-27/h6,8-9,11-20,28-29H,2-5,7,10,21-22H2,1H3/t28-,29-/m0/s1. The van der Waals surface area contributed by atoms with Crippen LogP contribution < -0.4 is 9.47 Å². The molecule has 0 amide bonds. The predicted molar refractivity (Wildman–Crippen MR) is 135 cm³/mol. The zero-order chi connectivity index (χ0) is 23.6. The SMILES string of the molecule is CCCCCCCc1ccc(-c2ccc(OC[C@@H]3C[C@H](Oc4ccccc4)C(=O)O3)cc2)cc1. The van der Waals surface area contributed by atoms with E-state index in [1.54, 1.807) is 0 Å². The van der Waals surface area contributed by atoms with E-state index in [9.17, 15) is 4.79 Å². The van der Waals surface area contributed by atoms with Crippen LogP contribution in [0.1, 0.15) is 51.0 Å². The van der Waals surface area contributed by atoms with Gasteiger partial charge in [-0.15, -0.1) is 0 Å². The Morgan fingerprint density at radius 1 is 0.794 bits per heavy atom. The molecule has 0 aromatic heterocycles. The smallest absolute Gasteiger partial charge is 0.347 e. The summed E-state index contributed by atoms with van der Waals surface area (Å²) in [5.41, 5.74) is 3.76. The Morgan fingerprint density at radius 3 is 2.18 bits per heavy atom. The summed E-state index contributed by atoms with van der Waals surface area (Å²) >= 11 is 0. The summed E-state index contributed by atoms with van der Waals surface area (Å²) in [6.07, 6.45) is 7.29. The van der Waals surface area contributed by atoms with Crippen LogP contribution >= 0.6 is 0 Å². The van der Waals surface area contributed by atoms with Crippen LogP contribution in [0.4, 0.5) is 0 Å². The molecule has 1 aliphatic rings. The molecule has 4 rings (SSSR count). The van der Waals surface area contributed by atoms with Gasteiger partial charge in [-0.05, 0) is 53.8 Å². The fraction of sp³-hybridized carbons (Fsp3) is 0.367. The third-order valence-corrected chi connectivity index (χ3v) is 6.19. The molecule has 4 nitrogen and oxygen atoms in total. The molecule has 34 heavy (non-hydrogen) atoms. The molecule has 1 heterocycles. The molecule has 1 saturated heterocycles. The van der Waals surface area contributed by atoms with Crippen LogP contribution in [-0.2, 0) is 16.0 Å². The van der Waals surface area contributed by atoms with Gasteiger partial charge in [0.05, 0.1) is 0 Å². The molecule has 4 heteroatoms. The van der Waals surface area contributed by atoms with Gasteiger partial charge in [0.15, 0.2) is 6.10 Å². The molecule has 2 atom stereocenters. The fourth-order valence-corrected chi connectivity index (χ4v) is 4.21. The van der Waals surface area contributed by atoms with E-state index in [0.29, 0.717) is 18.8 Å². The number of hydrogen-bond donors (Lipinski definition) is 0. The average Bonchev–Trinajstić information content (AvgIpc) is 3.23. The van der Waals surface area contributed by atoms with Crippen molar-refractivity contribution in [2.24, 2.45) is 0 Å². The zero-order valence-electron chi connectivity index (χ0n) is 20.0. The largest absolute Gasteiger partial charge is 0.490 e. The predicted octanol–water partition coefficient (Wildman–Crippen LogP) is 7.01. The van der Waals surface area contributed by atoms with Crippen molar-refractivity contribution in [3.63, 3.8) is 0 Å². The van der Waals surface area contributed by atoms with Gasteiger partial charge < -0.3 is 14.2 Å². The Kier molecular flexibility index (Phi) is 8.61. The molecule has 0 saturated carbocycles. The van der Waals surface area contributed by atoms with Crippen LogP contribution in [0.2, 0.25) is 0 Å². The molecule has 0 bridgehead atoms. The first-order valence-corrected chi connectivity index (χ1v) is 12.5. The number of para-hydroxylation sites is 1. The lowest BCUT2D eigenvalue weighted by molar-refractivity contribution is -0.147. The molecule has 178 valence electrons. The van der Waals surface area contributed by atoms with E-state index in [1.165, 1.54) is 43.2 Å². The number of rotatable bonds is 12. The Bertz CT molecular complexity index is 1010. The van der Waals surface area contributed by atoms with Crippen molar-refractivity contribution in [2.75, 3.05) is 6.61 Å². The summed E-state index contributed by atoms with van der Waals surface area (Å²) in [5.74, 6) is 1.09. The number of ether oxygens (including phenoxy) is 3. The molecular weight excluding hydrogens is 424 g/mol. The lowest BCUT2D eigenvalue weighted by atomic mass is 10.0. The van der Waals surface area contributed by atoms with Gasteiger partial charge in [-0.1, -0.05) is 87.2 Å². The van der Waals surface area contributed by atoms with Crippen molar-refractivity contribution in [1.82, 2.24) is 0 Å². The Hall–Kier alpha value is -3.27. The molecular formula is C30H34O4. The highest BCUT2D eigenvalue weighted by molar-refractivity contribution is 5.77. The molecule has 1 aliphatic heterocycles. The summed E-state index contributed by atoms with van der Waals surface area (Å²) in [6.45, 7) is 2.56. The third-order valence-electron chi connectivity index (χ3n) is 6.19. The van der Waals surface area contributed by atoms with Gasteiger partial charge in [0, 0.05) is 6.42 Å².